The third kappa shape index (κ3) is 1.58. The Morgan fingerprint density at radius 2 is 2.24 bits per heavy atom. The molecule has 2 aromatic rings. The maximum Gasteiger partial charge on any atom is 0.201 e. The maximum absolute atomic E-state index is 13.8. The Hall–Kier alpha value is -1.30. The number of nitrogens with two attached hydrogens (primary N) is 1. The number of thioether (sulfide) groups is 1. The monoisotopic (exact) mass is 255 g/mol. The van der Waals surface area contributed by atoms with Crippen LogP contribution >= 0.6 is 11.8 Å². The van der Waals surface area contributed by atoms with Crippen LogP contribution in [0.15, 0.2) is 12.1 Å². The molecule has 1 aliphatic heterocycles. The van der Waals surface area contributed by atoms with Gasteiger partial charge >= 0.3 is 0 Å². The van der Waals surface area contributed by atoms with Crippen LogP contribution in [0.5, 0.6) is 0 Å². The zero-order chi connectivity index (χ0) is 12.0. The molecular weight excluding hydrogens is 244 g/mol. The molecule has 0 aliphatic carbocycles. The number of rotatable bonds is 1. The standard InChI is InChI=1S/C11H11F2N3S/c12-7-1-2-8-10(9(7)13)16(11(14)15-8)6-3-4-17-5-6/h1-2,6H,3-5H2,(H2,14,15). The summed E-state index contributed by atoms with van der Waals surface area (Å²) in [6.07, 6.45) is 0.913. The number of halogens is 2. The average Bonchev–Trinajstić information content (AvgIpc) is 2.90. The molecule has 0 bridgehead atoms. The normalized spacial score (nSPS) is 20.2. The Morgan fingerprint density at radius 1 is 1.41 bits per heavy atom. The highest BCUT2D eigenvalue weighted by atomic mass is 32.2. The van der Waals surface area contributed by atoms with Crippen LogP contribution in [0.2, 0.25) is 0 Å². The lowest BCUT2D eigenvalue weighted by molar-refractivity contribution is 0.504. The third-order valence-electron chi connectivity index (χ3n) is 3.04. The number of fused-ring (bicyclic) bond motifs is 1. The van der Waals surface area contributed by atoms with Crippen molar-refractivity contribution in [2.45, 2.75) is 12.5 Å². The fraction of sp³-hybridized carbons (Fsp3) is 0.364. The molecule has 17 heavy (non-hydrogen) atoms. The highest BCUT2D eigenvalue weighted by Crippen LogP contribution is 2.34. The molecule has 0 spiro atoms. The molecule has 1 atom stereocenters. The molecule has 1 fully saturated rings. The molecule has 1 aliphatic rings. The second-order valence-electron chi connectivity index (χ2n) is 4.09. The van der Waals surface area contributed by atoms with Crippen LogP contribution in [-0.4, -0.2) is 21.1 Å². The van der Waals surface area contributed by atoms with Crippen LogP contribution < -0.4 is 5.73 Å². The predicted molar refractivity (Wildman–Crippen MR) is 65.0 cm³/mol. The van der Waals surface area contributed by atoms with Gasteiger partial charge in [-0.05, 0) is 24.3 Å². The number of hydrogen-bond donors (Lipinski definition) is 1. The van der Waals surface area contributed by atoms with Crippen LogP contribution in [-0.2, 0) is 0 Å². The Balaban J connectivity index is 2.28. The van der Waals surface area contributed by atoms with E-state index in [4.69, 9.17) is 5.73 Å². The molecule has 1 aromatic heterocycles. The summed E-state index contributed by atoms with van der Waals surface area (Å²) in [6.45, 7) is 0. The number of hydrogen-bond acceptors (Lipinski definition) is 3. The van der Waals surface area contributed by atoms with Gasteiger partial charge < -0.3 is 10.3 Å². The second kappa shape index (κ2) is 3.87. The van der Waals surface area contributed by atoms with E-state index < -0.39 is 11.6 Å². The predicted octanol–water partition coefficient (Wildman–Crippen LogP) is 2.57. The van der Waals surface area contributed by atoms with Crippen molar-refractivity contribution >= 4 is 28.7 Å². The molecule has 6 heteroatoms. The van der Waals surface area contributed by atoms with E-state index in [1.54, 1.807) is 16.3 Å². The smallest absolute Gasteiger partial charge is 0.201 e. The van der Waals surface area contributed by atoms with E-state index in [2.05, 4.69) is 4.98 Å². The molecule has 0 saturated carbocycles. The average molecular weight is 255 g/mol. The van der Waals surface area contributed by atoms with Gasteiger partial charge in [0.15, 0.2) is 11.6 Å². The largest absolute Gasteiger partial charge is 0.369 e. The summed E-state index contributed by atoms with van der Waals surface area (Å²) in [7, 11) is 0. The molecule has 2 heterocycles. The molecule has 0 amide bonds. The van der Waals surface area contributed by atoms with Crippen LogP contribution in [0.25, 0.3) is 11.0 Å². The second-order valence-corrected chi connectivity index (χ2v) is 5.24. The van der Waals surface area contributed by atoms with Crippen molar-refractivity contribution < 1.29 is 8.78 Å². The first kappa shape index (κ1) is 10.8. The number of anilines is 1. The van der Waals surface area contributed by atoms with Crippen molar-refractivity contribution in [1.82, 2.24) is 9.55 Å². The molecule has 2 N–H and O–H groups in total. The first-order valence-electron chi connectivity index (χ1n) is 5.37. The van der Waals surface area contributed by atoms with Gasteiger partial charge in [0.2, 0.25) is 5.95 Å². The van der Waals surface area contributed by atoms with E-state index in [0.717, 1.165) is 24.0 Å². The third-order valence-corrected chi connectivity index (χ3v) is 4.19. The maximum atomic E-state index is 13.8. The van der Waals surface area contributed by atoms with Crippen molar-refractivity contribution in [2.75, 3.05) is 17.2 Å². The summed E-state index contributed by atoms with van der Waals surface area (Å²) >= 11 is 1.79. The van der Waals surface area contributed by atoms with Crippen molar-refractivity contribution in [3.05, 3.63) is 23.8 Å². The summed E-state index contributed by atoms with van der Waals surface area (Å²) in [5, 5.41) is 0. The fourth-order valence-corrected chi connectivity index (χ4v) is 3.43. The number of benzene rings is 1. The van der Waals surface area contributed by atoms with Crippen LogP contribution in [0.1, 0.15) is 12.5 Å². The van der Waals surface area contributed by atoms with Gasteiger partial charge in [0.1, 0.15) is 5.52 Å². The zero-order valence-corrected chi connectivity index (χ0v) is 9.81. The molecule has 1 aromatic carbocycles. The first-order valence-corrected chi connectivity index (χ1v) is 6.53. The molecule has 3 rings (SSSR count). The van der Waals surface area contributed by atoms with Crippen molar-refractivity contribution in [1.29, 1.82) is 0 Å². The number of aromatic nitrogens is 2. The van der Waals surface area contributed by atoms with Gasteiger partial charge in [-0.15, -0.1) is 0 Å². The molecule has 1 unspecified atom stereocenters. The Labute approximate surface area is 101 Å². The lowest BCUT2D eigenvalue weighted by Crippen LogP contribution is -2.12. The summed E-state index contributed by atoms with van der Waals surface area (Å²) in [5.41, 5.74) is 6.41. The molecule has 1 saturated heterocycles. The topological polar surface area (TPSA) is 43.8 Å². The lowest BCUT2D eigenvalue weighted by Gasteiger charge is -2.13. The Bertz CT molecular complexity index is 576. The van der Waals surface area contributed by atoms with E-state index >= 15 is 0 Å². The Kier molecular flexibility index (Phi) is 2.47. The van der Waals surface area contributed by atoms with Crippen LogP contribution in [0.4, 0.5) is 14.7 Å². The van der Waals surface area contributed by atoms with Crippen molar-refractivity contribution in [2.24, 2.45) is 0 Å². The highest BCUT2D eigenvalue weighted by molar-refractivity contribution is 7.99. The molecular formula is C11H11F2N3S. The summed E-state index contributed by atoms with van der Waals surface area (Å²) < 4.78 is 28.7. The zero-order valence-electron chi connectivity index (χ0n) is 8.99. The van der Waals surface area contributed by atoms with Crippen LogP contribution in [0, 0.1) is 11.6 Å². The summed E-state index contributed by atoms with van der Waals surface area (Å²) in [6, 6.07) is 2.65. The summed E-state index contributed by atoms with van der Waals surface area (Å²) in [5.74, 6) is 0.427. The van der Waals surface area contributed by atoms with Gasteiger partial charge in [-0.1, -0.05) is 0 Å². The van der Waals surface area contributed by atoms with Gasteiger partial charge in [0, 0.05) is 11.8 Å². The molecule has 90 valence electrons. The molecule has 0 radical (unpaired) electrons. The number of nitrogen functional groups attached to an aromatic ring is 1. The van der Waals surface area contributed by atoms with E-state index in [0.29, 0.717) is 5.52 Å². The van der Waals surface area contributed by atoms with Crippen molar-refractivity contribution in [3.8, 4) is 0 Å². The lowest BCUT2D eigenvalue weighted by atomic mass is 10.2. The van der Waals surface area contributed by atoms with Gasteiger partial charge in [0.05, 0.1) is 5.52 Å². The van der Waals surface area contributed by atoms with E-state index in [1.165, 1.54) is 6.07 Å². The SMILES string of the molecule is Nc1nc2ccc(F)c(F)c2n1C1CCSC1. The van der Waals surface area contributed by atoms with Gasteiger partial charge in [-0.3, -0.25) is 0 Å². The van der Waals surface area contributed by atoms with Crippen molar-refractivity contribution in [3.63, 3.8) is 0 Å². The highest BCUT2D eigenvalue weighted by Gasteiger charge is 2.24. The minimum Gasteiger partial charge on any atom is -0.369 e. The van der Waals surface area contributed by atoms with E-state index in [-0.39, 0.29) is 17.5 Å². The number of nitrogens with zero attached hydrogens (tertiary/aromatic N) is 2. The minimum absolute atomic E-state index is 0.112. The minimum atomic E-state index is -0.858. The Morgan fingerprint density at radius 3 is 2.94 bits per heavy atom. The van der Waals surface area contributed by atoms with Crippen LogP contribution in [0.3, 0.4) is 0 Å². The fourth-order valence-electron chi connectivity index (χ4n) is 2.24. The van der Waals surface area contributed by atoms with Gasteiger partial charge in [0.25, 0.3) is 0 Å². The van der Waals surface area contributed by atoms with Gasteiger partial charge in [-0.2, -0.15) is 11.8 Å². The summed E-state index contributed by atoms with van der Waals surface area (Å²) in [4.78, 5) is 4.08. The number of imidazole rings is 1. The quantitative estimate of drug-likeness (QED) is 0.851. The van der Waals surface area contributed by atoms with E-state index in [9.17, 15) is 8.78 Å². The molecule has 3 nitrogen and oxygen atoms in total. The van der Waals surface area contributed by atoms with E-state index in [1.807, 2.05) is 0 Å². The van der Waals surface area contributed by atoms with Gasteiger partial charge in [-0.25, -0.2) is 13.8 Å². The first-order chi connectivity index (χ1) is 8.18.